The third-order valence-corrected chi connectivity index (χ3v) is 3.17. The lowest BCUT2D eigenvalue weighted by Gasteiger charge is -2.06. The standard InChI is InChI=1S/C12H9Cl2FN2O/c1-2-17-11(8(13)6-16-17)12(18)7-4-3-5-9(15)10(7)14/h3-6H,2H2,1H3. The van der Waals surface area contributed by atoms with Gasteiger partial charge in [-0.05, 0) is 19.1 Å². The summed E-state index contributed by atoms with van der Waals surface area (Å²) in [6, 6.07) is 4.07. The van der Waals surface area contributed by atoms with E-state index in [1.807, 2.05) is 6.92 Å². The maximum absolute atomic E-state index is 13.3. The van der Waals surface area contributed by atoms with Crippen LogP contribution in [0.3, 0.4) is 0 Å². The molecule has 94 valence electrons. The molecule has 2 aromatic rings. The van der Waals surface area contributed by atoms with Gasteiger partial charge in [-0.15, -0.1) is 0 Å². The van der Waals surface area contributed by atoms with Crippen LogP contribution < -0.4 is 0 Å². The lowest BCUT2D eigenvalue weighted by molar-refractivity contribution is 0.102. The molecule has 0 aliphatic carbocycles. The number of benzene rings is 1. The monoisotopic (exact) mass is 286 g/mol. The van der Waals surface area contributed by atoms with Crippen LogP contribution in [-0.4, -0.2) is 15.6 Å². The number of aryl methyl sites for hydroxylation is 1. The fraction of sp³-hybridized carbons (Fsp3) is 0.167. The third-order valence-electron chi connectivity index (χ3n) is 2.51. The average Bonchev–Trinajstić information content (AvgIpc) is 2.73. The number of rotatable bonds is 3. The van der Waals surface area contributed by atoms with Crippen molar-refractivity contribution in [2.45, 2.75) is 13.5 Å². The molecule has 0 fully saturated rings. The molecule has 0 N–H and O–H groups in total. The molecule has 0 aliphatic heterocycles. The van der Waals surface area contributed by atoms with E-state index in [0.717, 1.165) is 0 Å². The van der Waals surface area contributed by atoms with Gasteiger partial charge in [0.2, 0.25) is 5.78 Å². The molecular formula is C12H9Cl2FN2O. The SMILES string of the molecule is CCn1ncc(Cl)c1C(=O)c1cccc(F)c1Cl. The average molecular weight is 287 g/mol. The van der Waals surface area contributed by atoms with Gasteiger partial charge in [-0.3, -0.25) is 9.48 Å². The van der Waals surface area contributed by atoms with Gasteiger partial charge in [0.15, 0.2) is 0 Å². The minimum atomic E-state index is -0.638. The highest BCUT2D eigenvalue weighted by atomic mass is 35.5. The first-order valence-electron chi connectivity index (χ1n) is 5.26. The highest BCUT2D eigenvalue weighted by Gasteiger charge is 2.21. The lowest BCUT2D eigenvalue weighted by atomic mass is 10.1. The molecule has 0 aliphatic rings. The fourth-order valence-electron chi connectivity index (χ4n) is 1.63. The molecule has 1 aromatic heterocycles. The third kappa shape index (κ3) is 2.13. The van der Waals surface area contributed by atoms with Crippen LogP contribution in [0.15, 0.2) is 24.4 Å². The molecule has 2 rings (SSSR count). The summed E-state index contributed by atoms with van der Waals surface area (Å²) in [4.78, 5) is 12.3. The predicted molar refractivity (Wildman–Crippen MR) is 67.8 cm³/mol. The zero-order valence-electron chi connectivity index (χ0n) is 9.45. The summed E-state index contributed by atoms with van der Waals surface area (Å²) in [7, 11) is 0. The maximum Gasteiger partial charge on any atom is 0.214 e. The van der Waals surface area contributed by atoms with Crippen molar-refractivity contribution in [3.05, 3.63) is 51.5 Å². The minimum absolute atomic E-state index is 0.0776. The summed E-state index contributed by atoms with van der Waals surface area (Å²) in [6.07, 6.45) is 1.38. The highest BCUT2D eigenvalue weighted by molar-refractivity contribution is 6.37. The van der Waals surface area contributed by atoms with Crippen molar-refractivity contribution < 1.29 is 9.18 Å². The number of nitrogens with zero attached hydrogens (tertiary/aromatic N) is 2. The Morgan fingerprint density at radius 2 is 2.17 bits per heavy atom. The fourth-order valence-corrected chi connectivity index (χ4v) is 2.07. The first-order chi connectivity index (χ1) is 8.56. The molecule has 0 amide bonds. The lowest BCUT2D eigenvalue weighted by Crippen LogP contribution is -2.12. The van der Waals surface area contributed by atoms with E-state index in [0.29, 0.717) is 6.54 Å². The zero-order chi connectivity index (χ0) is 13.3. The van der Waals surface area contributed by atoms with E-state index < -0.39 is 11.6 Å². The Balaban J connectivity index is 2.55. The topological polar surface area (TPSA) is 34.9 Å². The van der Waals surface area contributed by atoms with Crippen molar-refractivity contribution in [2.24, 2.45) is 0 Å². The summed E-state index contributed by atoms with van der Waals surface area (Å²) in [5, 5.41) is 3.98. The first kappa shape index (κ1) is 13.1. The molecule has 0 atom stereocenters. The van der Waals surface area contributed by atoms with Crippen molar-refractivity contribution in [3.8, 4) is 0 Å². The van der Waals surface area contributed by atoms with Crippen LogP contribution >= 0.6 is 23.2 Å². The van der Waals surface area contributed by atoms with Crippen molar-refractivity contribution in [1.82, 2.24) is 9.78 Å². The summed E-state index contributed by atoms with van der Waals surface area (Å²) in [5.74, 6) is -1.08. The number of carbonyl (C=O) groups is 1. The Morgan fingerprint density at radius 1 is 1.44 bits per heavy atom. The van der Waals surface area contributed by atoms with Gasteiger partial charge in [-0.25, -0.2) is 4.39 Å². The van der Waals surface area contributed by atoms with Gasteiger partial charge >= 0.3 is 0 Å². The second kappa shape index (κ2) is 5.08. The van der Waals surface area contributed by atoms with Gasteiger partial charge in [0.05, 0.1) is 16.2 Å². The molecule has 1 heterocycles. The number of halogens is 3. The van der Waals surface area contributed by atoms with Crippen molar-refractivity contribution >= 4 is 29.0 Å². The minimum Gasteiger partial charge on any atom is -0.287 e. The molecule has 3 nitrogen and oxygen atoms in total. The van der Waals surface area contributed by atoms with Crippen molar-refractivity contribution in [1.29, 1.82) is 0 Å². The van der Waals surface area contributed by atoms with E-state index in [1.54, 1.807) is 0 Å². The molecule has 0 unspecified atom stereocenters. The van der Waals surface area contributed by atoms with Gasteiger partial charge < -0.3 is 0 Å². The van der Waals surface area contributed by atoms with Gasteiger partial charge in [-0.1, -0.05) is 29.3 Å². The van der Waals surface area contributed by atoms with Crippen molar-refractivity contribution in [3.63, 3.8) is 0 Å². The van der Waals surface area contributed by atoms with Gasteiger partial charge in [-0.2, -0.15) is 5.10 Å². The summed E-state index contributed by atoms with van der Waals surface area (Å²) >= 11 is 11.7. The quantitative estimate of drug-likeness (QED) is 0.809. The van der Waals surface area contributed by atoms with E-state index in [1.165, 1.54) is 29.1 Å². The van der Waals surface area contributed by atoms with Gasteiger partial charge in [0.1, 0.15) is 11.5 Å². The molecule has 6 heteroatoms. The van der Waals surface area contributed by atoms with Crippen LogP contribution in [0, 0.1) is 5.82 Å². The Bertz CT molecular complexity index is 610. The summed E-state index contributed by atoms with van der Waals surface area (Å²) < 4.78 is 14.8. The predicted octanol–water partition coefficient (Wildman–Crippen LogP) is 3.58. The van der Waals surface area contributed by atoms with E-state index in [-0.39, 0.29) is 21.3 Å². The van der Waals surface area contributed by atoms with Gasteiger partial charge in [0.25, 0.3) is 0 Å². The zero-order valence-corrected chi connectivity index (χ0v) is 11.0. The second-order valence-electron chi connectivity index (χ2n) is 3.59. The second-order valence-corrected chi connectivity index (χ2v) is 4.37. The number of carbonyl (C=O) groups excluding carboxylic acids is 1. The molecule has 0 bridgehead atoms. The highest BCUT2D eigenvalue weighted by Crippen LogP contribution is 2.25. The van der Waals surface area contributed by atoms with Crippen LogP contribution in [0.1, 0.15) is 23.0 Å². The summed E-state index contributed by atoms with van der Waals surface area (Å²) in [5.41, 5.74) is 0.292. The Morgan fingerprint density at radius 3 is 2.83 bits per heavy atom. The largest absolute Gasteiger partial charge is 0.287 e. The van der Waals surface area contributed by atoms with Crippen LogP contribution in [0.2, 0.25) is 10.0 Å². The smallest absolute Gasteiger partial charge is 0.214 e. The summed E-state index contributed by atoms with van der Waals surface area (Å²) in [6.45, 7) is 2.31. The van der Waals surface area contributed by atoms with Crippen LogP contribution in [0.25, 0.3) is 0 Å². The van der Waals surface area contributed by atoms with Gasteiger partial charge in [0, 0.05) is 12.1 Å². The Labute approximate surface area is 113 Å². The number of aromatic nitrogens is 2. The van der Waals surface area contributed by atoms with Crippen LogP contribution in [0.5, 0.6) is 0 Å². The number of ketones is 1. The molecule has 0 spiro atoms. The van der Waals surface area contributed by atoms with E-state index in [2.05, 4.69) is 5.10 Å². The number of hydrogen-bond donors (Lipinski definition) is 0. The molecule has 1 aromatic carbocycles. The Hall–Kier alpha value is -1.39. The van der Waals surface area contributed by atoms with Crippen molar-refractivity contribution in [2.75, 3.05) is 0 Å². The van der Waals surface area contributed by atoms with E-state index >= 15 is 0 Å². The van der Waals surface area contributed by atoms with Crippen LogP contribution in [0.4, 0.5) is 4.39 Å². The first-order valence-corrected chi connectivity index (χ1v) is 6.01. The maximum atomic E-state index is 13.3. The number of hydrogen-bond acceptors (Lipinski definition) is 2. The molecular weight excluding hydrogens is 278 g/mol. The molecule has 18 heavy (non-hydrogen) atoms. The Kier molecular flexibility index (Phi) is 3.68. The molecule has 0 saturated heterocycles. The molecule has 0 radical (unpaired) electrons. The van der Waals surface area contributed by atoms with Crippen LogP contribution in [-0.2, 0) is 6.54 Å². The van der Waals surface area contributed by atoms with E-state index in [9.17, 15) is 9.18 Å². The van der Waals surface area contributed by atoms with E-state index in [4.69, 9.17) is 23.2 Å². The molecule has 0 saturated carbocycles. The normalized spacial score (nSPS) is 10.7.